The molecule has 1 aromatic carbocycles. The van der Waals surface area contributed by atoms with Gasteiger partial charge in [0.1, 0.15) is 17.2 Å². The third-order valence-electron chi connectivity index (χ3n) is 2.98. The molecule has 6 nitrogen and oxygen atoms in total. The van der Waals surface area contributed by atoms with E-state index in [0.29, 0.717) is 29.8 Å². The third-order valence-corrected chi connectivity index (χ3v) is 2.98. The molecule has 0 unspecified atom stereocenters. The Labute approximate surface area is 156 Å². The Kier molecular flexibility index (Phi) is 10.5. The summed E-state index contributed by atoms with van der Waals surface area (Å²) in [6.07, 6.45) is 0. The molecule has 0 amide bonds. The maximum atomic E-state index is 5.43. The predicted octanol–water partition coefficient (Wildman–Crippen LogP) is 2.79. The van der Waals surface area contributed by atoms with Gasteiger partial charge in [-0.25, -0.2) is 4.99 Å². The summed E-state index contributed by atoms with van der Waals surface area (Å²) in [6.45, 7) is 7.42. The van der Waals surface area contributed by atoms with E-state index in [9.17, 15) is 0 Å². The molecule has 1 rings (SSSR count). The molecule has 1 aromatic rings. The SMILES string of the molecule is CCNC(=NCc1c(OC)cc(OC)cc1OC)NC(C)C.I. The number of hydrogen-bond acceptors (Lipinski definition) is 4. The third kappa shape index (κ3) is 6.72. The minimum Gasteiger partial charge on any atom is -0.496 e. The lowest BCUT2D eigenvalue weighted by Gasteiger charge is -2.16. The Bertz CT molecular complexity index is 482. The quantitative estimate of drug-likeness (QED) is 0.390. The van der Waals surface area contributed by atoms with Gasteiger partial charge in [0.25, 0.3) is 0 Å². The minimum absolute atomic E-state index is 0. The first-order valence-electron chi connectivity index (χ1n) is 7.39. The van der Waals surface area contributed by atoms with Crippen LogP contribution in [0.5, 0.6) is 17.2 Å². The molecule has 0 saturated heterocycles. The Morgan fingerprint density at radius 2 is 1.65 bits per heavy atom. The fourth-order valence-corrected chi connectivity index (χ4v) is 1.99. The topological polar surface area (TPSA) is 64.1 Å². The number of benzene rings is 1. The van der Waals surface area contributed by atoms with Crippen molar-refractivity contribution >= 4 is 29.9 Å². The molecule has 0 heterocycles. The van der Waals surface area contributed by atoms with Crippen LogP contribution in [-0.4, -0.2) is 39.9 Å². The minimum atomic E-state index is 0. The first-order chi connectivity index (χ1) is 10.5. The lowest BCUT2D eigenvalue weighted by atomic mass is 10.1. The van der Waals surface area contributed by atoms with Crippen molar-refractivity contribution in [2.45, 2.75) is 33.4 Å². The van der Waals surface area contributed by atoms with Gasteiger partial charge in [-0.3, -0.25) is 0 Å². The van der Waals surface area contributed by atoms with Crippen molar-refractivity contribution in [2.75, 3.05) is 27.9 Å². The molecular weight excluding hydrogens is 409 g/mol. The van der Waals surface area contributed by atoms with Crippen molar-refractivity contribution in [1.82, 2.24) is 10.6 Å². The summed E-state index contributed by atoms with van der Waals surface area (Å²) < 4.78 is 16.1. The molecule has 23 heavy (non-hydrogen) atoms. The molecule has 0 saturated carbocycles. The molecule has 132 valence electrons. The molecule has 0 fully saturated rings. The second-order valence-corrected chi connectivity index (χ2v) is 5.00. The second-order valence-electron chi connectivity index (χ2n) is 5.00. The largest absolute Gasteiger partial charge is 0.496 e. The van der Waals surface area contributed by atoms with Crippen molar-refractivity contribution in [3.8, 4) is 17.2 Å². The van der Waals surface area contributed by atoms with Crippen LogP contribution in [0.4, 0.5) is 0 Å². The average Bonchev–Trinajstić information content (AvgIpc) is 2.51. The number of nitrogens with zero attached hydrogens (tertiary/aromatic N) is 1. The predicted molar refractivity (Wildman–Crippen MR) is 105 cm³/mol. The number of ether oxygens (including phenoxy) is 3. The van der Waals surface area contributed by atoms with Crippen LogP contribution in [0.1, 0.15) is 26.3 Å². The molecule has 0 aliphatic heterocycles. The van der Waals surface area contributed by atoms with Gasteiger partial charge >= 0.3 is 0 Å². The second kappa shape index (κ2) is 11.2. The molecule has 7 heteroatoms. The highest BCUT2D eigenvalue weighted by Crippen LogP contribution is 2.34. The number of guanidine groups is 1. The Hall–Kier alpha value is -1.38. The molecule has 0 aromatic heterocycles. The van der Waals surface area contributed by atoms with Crippen LogP contribution in [0.3, 0.4) is 0 Å². The summed E-state index contributed by atoms with van der Waals surface area (Å²) >= 11 is 0. The fraction of sp³-hybridized carbons (Fsp3) is 0.562. The zero-order valence-corrected chi connectivity index (χ0v) is 17.1. The first-order valence-corrected chi connectivity index (χ1v) is 7.39. The van der Waals surface area contributed by atoms with Gasteiger partial charge in [0.05, 0.1) is 33.4 Å². The van der Waals surface area contributed by atoms with Gasteiger partial charge in [0, 0.05) is 24.7 Å². The van der Waals surface area contributed by atoms with E-state index in [-0.39, 0.29) is 24.0 Å². The number of halogens is 1. The number of methoxy groups -OCH3 is 3. The maximum absolute atomic E-state index is 5.43. The molecule has 0 spiro atoms. The number of rotatable bonds is 7. The van der Waals surface area contributed by atoms with Crippen molar-refractivity contribution in [1.29, 1.82) is 0 Å². The molecule has 0 aliphatic carbocycles. The lowest BCUT2D eigenvalue weighted by molar-refractivity contribution is 0.369. The molecule has 0 radical (unpaired) electrons. The van der Waals surface area contributed by atoms with Crippen LogP contribution in [0.2, 0.25) is 0 Å². The average molecular weight is 437 g/mol. The Balaban J connectivity index is 0.00000484. The smallest absolute Gasteiger partial charge is 0.191 e. The summed E-state index contributed by atoms with van der Waals surface area (Å²) in [4.78, 5) is 4.59. The van der Waals surface area contributed by atoms with E-state index in [1.54, 1.807) is 21.3 Å². The molecule has 2 N–H and O–H groups in total. The van der Waals surface area contributed by atoms with E-state index >= 15 is 0 Å². The summed E-state index contributed by atoms with van der Waals surface area (Å²) in [6, 6.07) is 3.96. The van der Waals surface area contributed by atoms with Gasteiger partial charge in [0.15, 0.2) is 5.96 Å². The highest BCUT2D eigenvalue weighted by Gasteiger charge is 2.13. The van der Waals surface area contributed by atoms with Crippen LogP contribution in [0.15, 0.2) is 17.1 Å². The van der Waals surface area contributed by atoms with Crippen LogP contribution < -0.4 is 24.8 Å². The molecule has 0 bridgehead atoms. The molecule has 0 atom stereocenters. The van der Waals surface area contributed by atoms with Crippen molar-refractivity contribution in [3.05, 3.63) is 17.7 Å². The van der Waals surface area contributed by atoms with Gasteiger partial charge < -0.3 is 24.8 Å². The lowest BCUT2D eigenvalue weighted by Crippen LogP contribution is -2.41. The van der Waals surface area contributed by atoms with Crippen molar-refractivity contribution < 1.29 is 14.2 Å². The normalized spacial score (nSPS) is 10.8. The number of hydrogen-bond donors (Lipinski definition) is 2. The fourth-order valence-electron chi connectivity index (χ4n) is 1.99. The number of nitrogens with one attached hydrogen (secondary N) is 2. The van der Waals surface area contributed by atoms with Gasteiger partial charge in [-0.2, -0.15) is 0 Å². The van der Waals surface area contributed by atoms with E-state index in [4.69, 9.17) is 14.2 Å². The van der Waals surface area contributed by atoms with Crippen LogP contribution in [0.25, 0.3) is 0 Å². The van der Waals surface area contributed by atoms with E-state index in [2.05, 4.69) is 29.5 Å². The summed E-state index contributed by atoms with van der Waals surface area (Å²) in [5, 5.41) is 6.50. The highest BCUT2D eigenvalue weighted by molar-refractivity contribution is 14.0. The van der Waals surface area contributed by atoms with Gasteiger partial charge in [-0.05, 0) is 20.8 Å². The zero-order chi connectivity index (χ0) is 16.5. The van der Waals surface area contributed by atoms with Crippen LogP contribution in [-0.2, 0) is 6.54 Å². The van der Waals surface area contributed by atoms with Crippen molar-refractivity contribution in [2.24, 2.45) is 4.99 Å². The molecule has 0 aliphatic rings. The van der Waals surface area contributed by atoms with Gasteiger partial charge in [-0.1, -0.05) is 0 Å². The van der Waals surface area contributed by atoms with E-state index < -0.39 is 0 Å². The Morgan fingerprint density at radius 3 is 2.04 bits per heavy atom. The van der Waals surface area contributed by atoms with Crippen LogP contribution in [0, 0.1) is 0 Å². The first kappa shape index (κ1) is 21.6. The summed E-state index contributed by atoms with van der Waals surface area (Å²) in [5.41, 5.74) is 0.881. The van der Waals surface area contributed by atoms with E-state index in [1.165, 1.54) is 0 Å². The van der Waals surface area contributed by atoms with Gasteiger partial charge in [0.2, 0.25) is 0 Å². The van der Waals surface area contributed by atoms with Gasteiger partial charge in [-0.15, -0.1) is 24.0 Å². The van der Waals surface area contributed by atoms with Crippen LogP contribution >= 0.6 is 24.0 Å². The summed E-state index contributed by atoms with van der Waals surface area (Å²) in [5.74, 6) is 2.84. The van der Waals surface area contributed by atoms with E-state index in [0.717, 1.165) is 18.1 Å². The van der Waals surface area contributed by atoms with E-state index in [1.807, 2.05) is 19.1 Å². The molecular formula is C16H28IN3O3. The highest BCUT2D eigenvalue weighted by atomic mass is 127. The maximum Gasteiger partial charge on any atom is 0.191 e. The Morgan fingerprint density at radius 1 is 1.09 bits per heavy atom. The standard InChI is InChI=1S/C16H27N3O3.HI/c1-7-17-16(19-11(2)3)18-10-13-14(21-5)8-12(20-4)9-15(13)22-6;/h8-9,11H,7,10H2,1-6H3,(H2,17,18,19);1H. The summed E-state index contributed by atoms with van der Waals surface area (Å²) in [7, 11) is 4.86. The zero-order valence-electron chi connectivity index (χ0n) is 14.7. The monoisotopic (exact) mass is 437 g/mol. The van der Waals surface area contributed by atoms with Crippen molar-refractivity contribution in [3.63, 3.8) is 0 Å². The number of aliphatic imine (C=N–C) groups is 1.